The lowest BCUT2D eigenvalue weighted by atomic mass is 10.2. The molecule has 1 heterocycles. The largest absolute Gasteiger partial charge is 0.260 e. The molecule has 0 unspecified atom stereocenters. The highest BCUT2D eigenvalue weighted by atomic mass is 79.9. The summed E-state index contributed by atoms with van der Waals surface area (Å²) in [5.41, 5.74) is 1.71. The minimum Gasteiger partial charge on any atom is -0.260 e. The first-order valence-corrected chi connectivity index (χ1v) is 8.27. The number of nitrogens with one attached hydrogen (secondary N) is 1. The van der Waals surface area contributed by atoms with Gasteiger partial charge >= 0.3 is 0 Å². The summed E-state index contributed by atoms with van der Waals surface area (Å²) in [6.45, 7) is 0.184. The molecule has 0 saturated carbocycles. The van der Waals surface area contributed by atoms with Gasteiger partial charge in [-0.05, 0) is 29.8 Å². The molecule has 1 aromatic heterocycles. The molecule has 0 amide bonds. The van der Waals surface area contributed by atoms with Crippen molar-refractivity contribution in [2.75, 3.05) is 0 Å². The molecule has 0 fully saturated rings. The van der Waals surface area contributed by atoms with Crippen molar-refractivity contribution in [2.24, 2.45) is 0 Å². The first kappa shape index (κ1) is 14.2. The number of rotatable bonds is 5. The zero-order valence-electron chi connectivity index (χ0n) is 10.1. The van der Waals surface area contributed by atoms with E-state index in [1.807, 2.05) is 6.07 Å². The quantitative estimate of drug-likeness (QED) is 0.850. The number of aromatic nitrogens is 1. The minimum absolute atomic E-state index is 0.184. The standard InChI is InChI=1S/C13H13BrN2O2S/c14-9-11-4-6-13(7-5-11)19(17,18)16-10-12-3-1-2-8-15-12/h1-8,16H,9-10H2. The molecule has 0 aliphatic heterocycles. The maximum Gasteiger partial charge on any atom is 0.240 e. The number of hydrogen-bond donors (Lipinski definition) is 1. The van der Waals surface area contributed by atoms with Crippen LogP contribution in [0.5, 0.6) is 0 Å². The van der Waals surface area contributed by atoms with Gasteiger partial charge in [0.15, 0.2) is 0 Å². The van der Waals surface area contributed by atoms with Crippen molar-refractivity contribution < 1.29 is 8.42 Å². The molecule has 1 N–H and O–H groups in total. The second-order valence-corrected chi connectivity index (χ2v) is 6.25. The molecule has 2 aromatic rings. The third-order valence-electron chi connectivity index (χ3n) is 2.56. The second kappa shape index (κ2) is 6.27. The van der Waals surface area contributed by atoms with Crippen LogP contribution in [0.3, 0.4) is 0 Å². The van der Waals surface area contributed by atoms with Gasteiger partial charge in [-0.25, -0.2) is 13.1 Å². The third-order valence-corrected chi connectivity index (χ3v) is 4.62. The number of pyridine rings is 1. The van der Waals surface area contributed by atoms with E-state index in [2.05, 4.69) is 25.6 Å². The smallest absolute Gasteiger partial charge is 0.240 e. The van der Waals surface area contributed by atoms with E-state index in [9.17, 15) is 8.42 Å². The van der Waals surface area contributed by atoms with Crippen molar-refractivity contribution in [2.45, 2.75) is 16.8 Å². The second-order valence-electron chi connectivity index (χ2n) is 3.92. The molecular formula is C13H13BrN2O2S. The van der Waals surface area contributed by atoms with E-state index >= 15 is 0 Å². The SMILES string of the molecule is O=S(=O)(NCc1ccccn1)c1ccc(CBr)cc1. The van der Waals surface area contributed by atoms with Crippen LogP contribution in [-0.4, -0.2) is 13.4 Å². The van der Waals surface area contributed by atoms with Gasteiger partial charge in [-0.2, -0.15) is 0 Å². The van der Waals surface area contributed by atoms with Crippen molar-refractivity contribution in [3.8, 4) is 0 Å². The van der Waals surface area contributed by atoms with Crippen LogP contribution in [0.4, 0.5) is 0 Å². The summed E-state index contributed by atoms with van der Waals surface area (Å²) < 4.78 is 26.6. The molecule has 19 heavy (non-hydrogen) atoms. The van der Waals surface area contributed by atoms with Gasteiger partial charge in [-0.15, -0.1) is 0 Å². The van der Waals surface area contributed by atoms with Crippen LogP contribution in [0.15, 0.2) is 53.6 Å². The number of halogens is 1. The van der Waals surface area contributed by atoms with Crippen molar-refractivity contribution in [1.29, 1.82) is 0 Å². The molecular weight excluding hydrogens is 328 g/mol. The highest BCUT2D eigenvalue weighted by Crippen LogP contribution is 2.12. The van der Waals surface area contributed by atoms with Gasteiger partial charge in [0, 0.05) is 11.5 Å². The zero-order chi connectivity index (χ0) is 13.7. The molecule has 0 radical (unpaired) electrons. The Hall–Kier alpha value is -1.24. The molecule has 0 aliphatic carbocycles. The van der Waals surface area contributed by atoms with E-state index in [0.717, 1.165) is 5.56 Å². The molecule has 0 bridgehead atoms. The summed E-state index contributed by atoms with van der Waals surface area (Å²) in [7, 11) is -3.49. The molecule has 0 atom stereocenters. The van der Waals surface area contributed by atoms with Crippen LogP contribution in [-0.2, 0) is 21.9 Å². The Kier molecular flexibility index (Phi) is 4.68. The first-order chi connectivity index (χ1) is 9.12. The van der Waals surface area contributed by atoms with Gasteiger partial charge in [0.2, 0.25) is 10.0 Å². The fraction of sp³-hybridized carbons (Fsp3) is 0.154. The molecule has 2 rings (SSSR count). The summed E-state index contributed by atoms with van der Waals surface area (Å²) in [6, 6.07) is 12.1. The van der Waals surface area contributed by atoms with Gasteiger partial charge in [-0.1, -0.05) is 34.1 Å². The summed E-state index contributed by atoms with van der Waals surface area (Å²) in [5, 5.41) is 0.703. The number of nitrogens with zero attached hydrogens (tertiary/aromatic N) is 1. The van der Waals surface area contributed by atoms with E-state index < -0.39 is 10.0 Å². The van der Waals surface area contributed by atoms with E-state index in [-0.39, 0.29) is 11.4 Å². The number of benzene rings is 1. The Balaban J connectivity index is 2.09. The highest BCUT2D eigenvalue weighted by Gasteiger charge is 2.13. The maximum absolute atomic E-state index is 12.1. The van der Waals surface area contributed by atoms with Crippen LogP contribution in [0.25, 0.3) is 0 Å². The van der Waals surface area contributed by atoms with Gasteiger partial charge in [0.05, 0.1) is 17.1 Å². The van der Waals surface area contributed by atoms with Gasteiger partial charge in [-0.3, -0.25) is 4.98 Å². The topological polar surface area (TPSA) is 59.1 Å². The predicted octanol–water partition coefficient (Wildman–Crippen LogP) is 2.46. The van der Waals surface area contributed by atoms with E-state index in [0.29, 0.717) is 11.0 Å². The molecule has 0 aliphatic rings. The third kappa shape index (κ3) is 3.86. The lowest BCUT2D eigenvalue weighted by Gasteiger charge is -2.06. The molecule has 1 aromatic carbocycles. The number of hydrogen-bond acceptors (Lipinski definition) is 3. The Bertz CT molecular complexity index is 627. The monoisotopic (exact) mass is 340 g/mol. The normalized spacial score (nSPS) is 11.4. The Morgan fingerprint density at radius 3 is 2.42 bits per heavy atom. The fourth-order valence-corrected chi connectivity index (χ4v) is 2.89. The number of alkyl halides is 1. The average Bonchev–Trinajstić information content (AvgIpc) is 2.46. The summed E-state index contributed by atoms with van der Waals surface area (Å²) in [6.07, 6.45) is 1.63. The van der Waals surface area contributed by atoms with Gasteiger partial charge in [0.25, 0.3) is 0 Å². The van der Waals surface area contributed by atoms with Crippen LogP contribution in [0.2, 0.25) is 0 Å². The first-order valence-electron chi connectivity index (χ1n) is 5.66. The van der Waals surface area contributed by atoms with Crippen molar-refractivity contribution in [1.82, 2.24) is 9.71 Å². The summed E-state index contributed by atoms with van der Waals surface area (Å²) in [5.74, 6) is 0. The molecule has 4 nitrogen and oxygen atoms in total. The van der Waals surface area contributed by atoms with Crippen LogP contribution in [0.1, 0.15) is 11.3 Å². The van der Waals surface area contributed by atoms with Crippen molar-refractivity contribution in [3.63, 3.8) is 0 Å². The molecule has 0 saturated heterocycles. The van der Waals surface area contributed by atoms with Crippen molar-refractivity contribution >= 4 is 26.0 Å². The molecule has 6 heteroatoms. The zero-order valence-corrected chi connectivity index (χ0v) is 12.5. The van der Waals surface area contributed by atoms with Crippen LogP contribution < -0.4 is 4.72 Å². The number of sulfonamides is 1. The Morgan fingerprint density at radius 2 is 1.84 bits per heavy atom. The highest BCUT2D eigenvalue weighted by molar-refractivity contribution is 9.08. The molecule has 100 valence electrons. The fourth-order valence-electron chi connectivity index (χ4n) is 1.51. The Morgan fingerprint density at radius 1 is 1.11 bits per heavy atom. The summed E-state index contributed by atoms with van der Waals surface area (Å²) >= 11 is 3.32. The lowest BCUT2D eigenvalue weighted by molar-refractivity contribution is 0.580. The Labute approximate surface area is 121 Å². The van der Waals surface area contributed by atoms with Crippen LogP contribution >= 0.6 is 15.9 Å². The van der Waals surface area contributed by atoms with Gasteiger partial charge < -0.3 is 0 Å². The van der Waals surface area contributed by atoms with E-state index in [4.69, 9.17) is 0 Å². The van der Waals surface area contributed by atoms with E-state index in [1.165, 1.54) is 0 Å². The van der Waals surface area contributed by atoms with Crippen LogP contribution in [0, 0.1) is 0 Å². The lowest BCUT2D eigenvalue weighted by Crippen LogP contribution is -2.23. The van der Waals surface area contributed by atoms with E-state index in [1.54, 1.807) is 42.6 Å². The van der Waals surface area contributed by atoms with Gasteiger partial charge in [0.1, 0.15) is 0 Å². The predicted molar refractivity (Wildman–Crippen MR) is 77.3 cm³/mol. The van der Waals surface area contributed by atoms with Crippen molar-refractivity contribution in [3.05, 3.63) is 59.9 Å². The molecule has 0 spiro atoms. The average molecular weight is 341 g/mol. The minimum atomic E-state index is -3.49. The summed E-state index contributed by atoms with van der Waals surface area (Å²) in [4.78, 5) is 4.33. The maximum atomic E-state index is 12.1.